The van der Waals surface area contributed by atoms with Crippen LogP contribution in [0.5, 0.6) is 0 Å². The maximum absolute atomic E-state index is 13.1. The van der Waals surface area contributed by atoms with Crippen LogP contribution in [0.1, 0.15) is 63.4 Å². The lowest BCUT2D eigenvalue weighted by atomic mass is 9.84. The third-order valence-corrected chi connectivity index (χ3v) is 6.15. The number of carbonyl (C=O) groups excluding carboxylic acids is 2. The second-order valence-electron chi connectivity index (χ2n) is 9.66. The number of pyridine rings is 1. The number of alkyl halides is 3. The molecule has 2 saturated heterocycles. The Kier molecular flexibility index (Phi) is 6.74. The van der Waals surface area contributed by atoms with Gasteiger partial charge in [-0.25, -0.2) is 9.78 Å². The Morgan fingerprint density at radius 3 is 2.34 bits per heavy atom. The van der Waals surface area contributed by atoms with Crippen molar-refractivity contribution in [2.75, 3.05) is 19.6 Å². The molecule has 2 aliphatic heterocycles. The van der Waals surface area contributed by atoms with Gasteiger partial charge in [0.05, 0.1) is 12.1 Å². The van der Waals surface area contributed by atoms with E-state index in [0.717, 1.165) is 38.3 Å². The van der Waals surface area contributed by atoms with Crippen molar-refractivity contribution in [2.24, 2.45) is 5.73 Å². The maximum Gasteiger partial charge on any atom is 0.433 e. The number of likely N-dealkylation sites (tertiary alicyclic amines) is 2. The van der Waals surface area contributed by atoms with Crippen molar-refractivity contribution in [2.45, 2.75) is 76.7 Å². The van der Waals surface area contributed by atoms with Crippen LogP contribution in [0.3, 0.4) is 0 Å². The van der Waals surface area contributed by atoms with E-state index in [2.05, 4.69) is 9.88 Å². The number of hydrogen-bond acceptors (Lipinski definition) is 5. The number of rotatable bonds is 4. The van der Waals surface area contributed by atoms with E-state index in [1.54, 1.807) is 4.90 Å². The summed E-state index contributed by atoms with van der Waals surface area (Å²) in [5.74, 6) is -0.722. The molecule has 0 unspecified atom stereocenters. The highest BCUT2D eigenvalue weighted by molar-refractivity contribution is 5.76. The predicted octanol–water partition coefficient (Wildman–Crippen LogP) is 3.49. The molecule has 32 heavy (non-hydrogen) atoms. The second kappa shape index (κ2) is 8.88. The van der Waals surface area contributed by atoms with Crippen molar-refractivity contribution in [1.82, 2.24) is 14.8 Å². The van der Waals surface area contributed by atoms with E-state index in [9.17, 15) is 22.8 Å². The van der Waals surface area contributed by atoms with E-state index in [1.807, 2.05) is 20.8 Å². The molecular weight excluding hydrogens is 425 g/mol. The van der Waals surface area contributed by atoms with Crippen molar-refractivity contribution in [3.8, 4) is 0 Å². The summed E-state index contributed by atoms with van der Waals surface area (Å²) in [5, 5.41) is 0. The highest BCUT2D eigenvalue weighted by Crippen LogP contribution is 2.40. The van der Waals surface area contributed by atoms with Crippen molar-refractivity contribution in [3.63, 3.8) is 0 Å². The second-order valence-corrected chi connectivity index (χ2v) is 9.66. The summed E-state index contributed by atoms with van der Waals surface area (Å²) in [5.41, 5.74) is 4.19. The molecule has 2 N–H and O–H groups in total. The van der Waals surface area contributed by atoms with Gasteiger partial charge in [-0.3, -0.25) is 9.69 Å². The number of aromatic nitrogens is 1. The molecule has 7 nitrogen and oxygen atoms in total. The standard InChI is InChI=1S/C22H31F3N4O3/c1-20(2,3)32-19(31)28-11-8-21(9-12-28)7-4-10-29(21)14-15-5-6-17(22(23,24)25)27-16(15)13-18(26)30/h5-6H,4,7-14H2,1-3H3,(H2,26,30). The first-order chi connectivity index (χ1) is 14.8. The number of nitrogens with zero attached hydrogens (tertiary/aromatic N) is 3. The van der Waals surface area contributed by atoms with E-state index in [1.165, 1.54) is 6.07 Å². The number of ether oxygens (including phenoxy) is 1. The Labute approximate surface area is 186 Å². The molecule has 0 saturated carbocycles. The number of amides is 2. The van der Waals surface area contributed by atoms with E-state index < -0.39 is 23.4 Å². The summed E-state index contributed by atoms with van der Waals surface area (Å²) in [6.07, 6.45) is -1.83. The Hall–Kier alpha value is -2.36. The third kappa shape index (κ3) is 5.70. The van der Waals surface area contributed by atoms with Crippen LogP contribution in [0.25, 0.3) is 0 Å². The van der Waals surface area contributed by atoms with Gasteiger partial charge in [-0.2, -0.15) is 13.2 Å². The van der Waals surface area contributed by atoms with Crippen LogP contribution in [0.2, 0.25) is 0 Å². The minimum atomic E-state index is -4.59. The van der Waals surface area contributed by atoms with Crippen LogP contribution in [-0.4, -0.2) is 57.6 Å². The summed E-state index contributed by atoms with van der Waals surface area (Å²) in [6.45, 7) is 7.80. The molecular formula is C22H31F3N4O3. The lowest BCUT2D eigenvalue weighted by Gasteiger charge is -2.45. The van der Waals surface area contributed by atoms with Gasteiger partial charge in [-0.1, -0.05) is 6.07 Å². The lowest BCUT2D eigenvalue weighted by Crippen LogP contribution is -2.53. The molecule has 0 bridgehead atoms. The average molecular weight is 457 g/mol. The van der Waals surface area contributed by atoms with Crippen molar-refractivity contribution in [3.05, 3.63) is 29.1 Å². The normalized spacial score (nSPS) is 19.4. The highest BCUT2D eigenvalue weighted by atomic mass is 19.4. The number of piperidine rings is 1. The fraction of sp³-hybridized carbons (Fsp3) is 0.682. The van der Waals surface area contributed by atoms with Gasteiger partial charge in [0.2, 0.25) is 5.91 Å². The van der Waals surface area contributed by atoms with Crippen LogP contribution in [-0.2, 0) is 28.7 Å². The molecule has 2 aliphatic rings. The quantitative estimate of drug-likeness (QED) is 0.749. The SMILES string of the molecule is CC(C)(C)OC(=O)N1CCC2(CCCN2Cc2ccc(C(F)(F)F)nc2CC(N)=O)CC1. The Morgan fingerprint density at radius 2 is 1.78 bits per heavy atom. The molecule has 3 rings (SSSR count). The Bertz CT molecular complexity index is 859. The van der Waals surface area contributed by atoms with Gasteiger partial charge >= 0.3 is 12.3 Å². The number of halogens is 3. The first-order valence-electron chi connectivity index (χ1n) is 10.9. The zero-order valence-corrected chi connectivity index (χ0v) is 18.8. The Balaban J connectivity index is 1.74. The summed E-state index contributed by atoms with van der Waals surface area (Å²) in [6, 6.07) is 2.35. The van der Waals surface area contributed by atoms with Gasteiger partial charge in [-0.15, -0.1) is 0 Å². The van der Waals surface area contributed by atoms with Gasteiger partial charge in [0.1, 0.15) is 11.3 Å². The molecule has 178 valence electrons. The fourth-order valence-electron chi connectivity index (χ4n) is 4.59. The van der Waals surface area contributed by atoms with Crippen molar-refractivity contribution in [1.29, 1.82) is 0 Å². The van der Waals surface area contributed by atoms with Crippen molar-refractivity contribution < 1.29 is 27.5 Å². The zero-order valence-electron chi connectivity index (χ0n) is 18.8. The molecule has 0 atom stereocenters. The largest absolute Gasteiger partial charge is 0.444 e. The van der Waals surface area contributed by atoms with Crippen LogP contribution >= 0.6 is 0 Å². The molecule has 10 heteroatoms. The molecule has 3 heterocycles. The highest BCUT2D eigenvalue weighted by Gasteiger charge is 2.44. The molecule has 0 aliphatic carbocycles. The smallest absolute Gasteiger partial charge is 0.433 e. The number of hydrogen-bond donors (Lipinski definition) is 1. The molecule has 1 aromatic heterocycles. The van der Waals surface area contributed by atoms with Crippen molar-refractivity contribution >= 4 is 12.0 Å². The van der Waals surface area contributed by atoms with Crippen LogP contribution in [0.4, 0.5) is 18.0 Å². The van der Waals surface area contributed by atoms with E-state index in [4.69, 9.17) is 10.5 Å². The van der Waals surface area contributed by atoms with Gasteiger partial charge in [0, 0.05) is 25.2 Å². The zero-order chi connectivity index (χ0) is 23.7. The average Bonchev–Trinajstić information content (AvgIpc) is 3.02. The van der Waals surface area contributed by atoms with Crippen LogP contribution in [0.15, 0.2) is 12.1 Å². The Morgan fingerprint density at radius 1 is 1.12 bits per heavy atom. The van der Waals surface area contributed by atoms with Gasteiger partial charge in [-0.05, 0) is 64.6 Å². The molecule has 1 aromatic rings. The van der Waals surface area contributed by atoms with Crippen LogP contribution < -0.4 is 5.73 Å². The fourth-order valence-corrected chi connectivity index (χ4v) is 4.59. The molecule has 0 radical (unpaired) electrons. The number of carbonyl (C=O) groups is 2. The van der Waals surface area contributed by atoms with E-state index in [-0.39, 0.29) is 23.7 Å². The van der Waals surface area contributed by atoms with Crippen LogP contribution in [0, 0.1) is 0 Å². The van der Waals surface area contributed by atoms with E-state index >= 15 is 0 Å². The summed E-state index contributed by atoms with van der Waals surface area (Å²) < 4.78 is 44.8. The topological polar surface area (TPSA) is 88.8 Å². The number of nitrogens with two attached hydrogens (primary N) is 1. The monoisotopic (exact) mass is 456 g/mol. The molecule has 2 fully saturated rings. The third-order valence-electron chi connectivity index (χ3n) is 6.15. The van der Waals surface area contributed by atoms with Gasteiger partial charge in [0.25, 0.3) is 0 Å². The summed E-state index contributed by atoms with van der Waals surface area (Å²) in [7, 11) is 0. The lowest BCUT2D eigenvalue weighted by molar-refractivity contribution is -0.141. The van der Waals surface area contributed by atoms with E-state index in [0.29, 0.717) is 25.2 Å². The predicted molar refractivity (Wildman–Crippen MR) is 112 cm³/mol. The first kappa shape index (κ1) is 24.3. The molecule has 0 aromatic carbocycles. The minimum Gasteiger partial charge on any atom is -0.444 e. The first-order valence-corrected chi connectivity index (χ1v) is 10.9. The number of primary amides is 1. The molecule has 2 amide bonds. The maximum atomic E-state index is 13.1. The van der Waals surface area contributed by atoms with Gasteiger partial charge in [0.15, 0.2) is 0 Å². The minimum absolute atomic E-state index is 0.0700. The summed E-state index contributed by atoms with van der Waals surface area (Å²) >= 11 is 0. The molecule has 1 spiro atoms. The summed E-state index contributed by atoms with van der Waals surface area (Å²) in [4.78, 5) is 31.5. The van der Waals surface area contributed by atoms with Gasteiger partial charge < -0.3 is 15.4 Å².